The molecule has 0 aliphatic carbocycles. The van der Waals surface area contributed by atoms with Crippen molar-refractivity contribution >= 4 is 33.3 Å². The van der Waals surface area contributed by atoms with Crippen molar-refractivity contribution in [3.63, 3.8) is 0 Å². The van der Waals surface area contributed by atoms with E-state index in [1.807, 2.05) is 6.92 Å². The molecule has 0 saturated carbocycles. The summed E-state index contributed by atoms with van der Waals surface area (Å²) < 4.78 is 12.0. The molecule has 4 nitrogen and oxygen atoms in total. The summed E-state index contributed by atoms with van der Waals surface area (Å²) in [6.45, 7) is 14.3. The van der Waals surface area contributed by atoms with Crippen LogP contribution in [0, 0.1) is 5.92 Å². The zero-order valence-electron chi connectivity index (χ0n) is 12.8. The molecular formula is C12H28O4Si3. The molecule has 0 heterocycles. The van der Waals surface area contributed by atoms with Crippen LogP contribution in [0.4, 0.5) is 0 Å². The van der Waals surface area contributed by atoms with Gasteiger partial charge >= 0.3 is 5.97 Å². The Morgan fingerprint density at radius 2 is 1.68 bits per heavy atom. The maximum atomic E-state index is 11.0. The third-order valence-electron chi connectivity index (χ3n) is 2.86. The van der Waals surface area contributed by atoms with Crippen LogP contribution in [-0.2, 0) is 13.0 Å². The summed E-state index contributed by atoms with van der Waals surface area (Å²) in [6, 6.07) is 0.890. The van der Waals surface area contributed by atoms with Crippen molar-refractivity contribution < 1.29 is 18.1 Å². The van der Waals surface area contributed by atoms with Crippen molar-refractivity contribution in [2.24, 2.45) is 5.92 Å². The van der Waals surface area contributed by atoms with E-state index in [1.165, 1.54) is 0 Å². The van der Waals surface area contributed by atoms with Gasteiger partial charge in [-0.15, -0.1) is 0 Å². The Hall–Kier alpha value is -0.219. The molecule has 1 atom stereocenters. The Bertz CT molecular complexity index is 285. The molecule has 1 N–H and O–H groups in total. The highest BCUT2D eigenvalue weighted by Gasteiger charge is 2.22. The van der Waals surface area contributed by atoms with Crippen LogP contribution < -0.4 is 0 Å². The molecule has 0 aromatic rings. The van der Waals surface area contributed by atoms with Gasteiger partial charge in [-0.2, -0.15) is 0 Å². The summed E-state index contributed by atoms with van der Waals surface area (Å²) in [5.41, 5.74) is 0.318. The van der Waals surface area contributed by atoms with Gasteiger partial charge in [-0.05, 0) is 51.0 Å². The van der Waals surface area contributed by atoms with Gasteiger partial charge in [0.1, 0.15) is 0 Å². The van der Waals surface area contributed by atoms with Crippen molar-refractivity contribution in [3.8, 4) is 0 Å². The standard InChI is InChI=1S/C12H28O4Si3/c1-7-11(10(2)12(13)14)8-9-19(15-17(3)4)16-18(5)6/h11,17-19H,2,7-9H2,1,3-6H3,(H,13,14). The van der Waals surface area contributed by atoms with E-state index in [1.54, 1.807) is 0 Å². The lowest BCUT2D eigenvalue weighted by molar-refractivity contribution is -0.133. The van der Waals surface area contributed by atoms with E-state index >= 15 is 0 Å². The normalized spacial score (nSPS) is 13.3. The summed E-state index contributed by atoms with van der Waals surface area (Å²) in [4.78, 5) is 11.0. The largest absolute Gasteiger partial charge is 0.478 e. The molecule has 7 heteroatoms. The molecule has 0 radical (unpaired) electrons. The molecule has 0 aliphatic heterocycles. The predicted octanol–water partition coefficient (Wildman–Crippen LogP) is 2.26. The summed E-state index contributed by atoms with van der Waals surface area (Å²) in [6.07, 6.45) is 1.63. The predicted molar refractivity (Wildman–Crippen MR) is 87.1 cm³/mol. The summed E-state index contributed by atoms with van der Waals surface area (Å²) in [5, 5.41) is 9.00. The first-order chi connectivity index (χ1) is 8.77. The molecule has 0 amide bonds. The lowest BCUT2D eigenvalue weighted by Gasteiger charge is -2.23. The number of carboxylic acids is 1. The van der Waals surface area contributed by atoms with Crippen molar-refractivity contribution in [1.82, 2.24) is 0 Å². The van der Waals surface area contributed by atoms with Gasteiger partial charge in [-0.25, -0.2) is 4.79 Å². The molecule has 19 heavy (non-hydrogen) atoms. The van der Waals surface area contributed by atoms with E-state index in [4.69, 9.17) is 13.3 Å². The number of aliphatic carboxylic acids is 1. The molecule has 0 aliphatic rings. The van der Waals surface area contributed by atoms with Crippen LogP contribution in [0.2, 0.25) is 32.2 Å². The number of rotatable bonds is 10. The van der Waals surface area contributed by atoms with Gasteiger partial charge in [0.05, 0.1) is 0 Å². The first-order valence-electron chi connectivity index (χ1n) is 7.00. The minimum Gasteiger partial charge on any atom is -0.478 e. The molecule has 0 bridgehead atoms. The SMILES string of the molecule is C=C(C(=O)O)C(CC)CC[SiH](O[SiH](C)C)O[SiH](C)C. The fourth-order valence-electron chi connectivity index (χ4n) is 1.91. The number of carbonyl (C=O) groups is 1. The fourth-order valence-corrected chi connectivity index (χ4v) is 9.37. The maximum Gasteiger partial charge on any atom is 0.331 e. The second-order valence-electron chi connectivity index (χ2n) is 5.31. The zero-order valence-corrected chi connectivity index (χ0v) is 16.3. The third-order valence-corrected chi connectivity index (χ3v) is 10.4. The molecular weight excluding hydrogens is 292 g/mol. The van der Waals surface area contributed by atoms with Crippen LogP contribution in [0.15, 0.2) is 12.2 Å². The molecule has 0 spiro atoms. The molecule has 0 aromatic heterocycles. The van der Waals surface area contributed by atoms with Gasteiger partial charge in [0.25, 0.3) is 9.28 Å². The average Bonchev–Trinajstić information content (AvgIpc) is 2.27. The minimum atomic E-state index is -1.60. The van der Waals surface area contributed by atoms with Crippen molar-refractivity contribution in [2.75, 3.05) is 0 Å². The van der Waals surface area contributed by atoms with Gasteiger partial charge in [-0.1, -0.05) is 13.5 Å². The summed E-state index contributed by atoms with van der Waals surface area (Å²) in [7, 11) is -3.77. The van der Waals surface area contributed by atoms with Gasteiger partial charge in [0, 0.05) is 5.57 Å². The number of carboxylic acid groups (broad SMARTS) is 1. The topological polar surface area (TPSA) is 55.8 Å². The highest BCUT2D eigenvalue weighted by molar-refractivity contribution is 6.67. The molecule has 0 aromatic carbocycles. The number of hydrogen-bond acceptors (Lipinski definition) is 3. The van der Waals surface area contributed by atoms with Crippen LogP contribution in [0.3, 0.4) is 0 Å². The van der Waals surface area contributed by atoms with E-state index < -0.39 is 33.3 Å². The third kappa shape index (κ3) is 8.53. The summed E-state index contributed by atoms with van der Waals surface area (Å²) >= 11 is 0. The first kappa shape index (κ1) is 18.8. The van der Waals surface area contributed by atoms with E-state index in [-0.39, 0.29) is 5.92 Å². The number of hydrogen-bond donors (Lipinski definition) is 1. The Morgan fingerprint density at radius 1 is 1.21 bits per heavy atom. The monoisotopic (exact) mass is 320 g/mol. The van der Waals surface area contributed by atoms with E-state index in [2.05, 4.69) is 32.8 Å². The Balaban J connectivity index is 4.41. The Morgan fingerprint density at radius 3 is 2.00 bits per heavy atom. The van der Waals surface area contributed by atoms with E-state index in [0.29, 0.717) is 5.57 Å². The summed E-state index contributed by atoms with van der Waals surface area (Å²) in [5.74, 6) is -0.842. The van der Waals surface area contributed by atoms with E-state index in [9.17, 15) is 4.79 Å². The minimum absolute atomic E-state index is 0.0438. The van der Waals surface area contributed by atoms with Crippen molar-refractivity contribution in [3.05, 3.63) is 12.2 Å². The Kier molecular flexibility index (Phi) is 9.54. The lowest BCUT2D eigenvalue weighted by Crippen LogP contribution is -2.33. The molecule has 112 valence electrons. The lowest BCUT2D eigenvalue weighted by atomic mass is 9.95. The van der Waals surface area contributed by atoms with Gasteiger partial charge in [-0.3, -0.25) is 0 Å². The zero-order chi connectivity index (χ0) is 15.0. The van der Waals surface area contributed by atoms with Gasteiger partial charge < -0.3 is 13.3 Å². The average molecular weight is 321 g/mol. The van der Waals surface area contributed by atoms with Gasteiger partial charge in [0.15, 0.2) is 18.1 Å². The van der Waals surface area contributed by atoms with Crippen molar-refractivity contribution in [2.45, 2.75) is 52.0 Å². The first-order valence-corrected chi connectivity index (χ1v) is 14.3. The van der Waals surface area contributed by atoms with Crippen LogP contribution >= 0.6 is 0 Å². The highest BCUT2D eigenvalue weighted by atomic mass is 28.4. The van der Waals surface area contributed by atoms with Crippen LogP contribution in [0.25, 0.3) is 0 Å². The second kappa shape index (κ2) is 9.65. The van der Waals surface area contributed by atoms with Crippen molar-refractivity contribution in [1.29, 1.82) is 0 Å². The molecule has 1 unspecified atom stereocenters. The highest BCUT2D eigenvalue weighted by Crippen LogP contribution is 2.22. The molecule has 0 rings (SSSR count). The Labute approximate surface area is 122 Å². The molecule has 0 saturated heterocycles. The molecule has 0 fully saturated rings. The van der Waals surface area contributed by atoms with Crippen LogP contribution in [0.5, 0.6) is 0 Å². The maximum absolute atomic E-state index is 11.0. The van der Waals surface area contributed by atoms with Gasteiger partial charge in [0.2, 0.25) is 0 Å². The quantitative estimate of drug-likeness (QED) is 0.495. The van der Waals surface area contributed by atoms with E-state index in [0.717, 1.165) is 18.9 Å². The smallest absolute Gasteiger partial charge is 0.331 e. The second-order valence-corrected chi connectivity index (χ2v) is 13.1. The fraction of sp³-hybridized carbons (Fsp3) is 0.750. The van der Waals surface area contributed by atoms with Crippen LogP contribution in [0.1, 0.15) is 19.8 Å². The van der Waals surface area contributed by atoms with Crippen LogP contribution in [-0.4, -0.2) is 38.4 Å².